The van der Waals surface area contributed by atoms with Crippen LogP contribution in [0, 0.1) is 0 Å². The van der Waals surface area contributed by atoms with Gasteiger partial charge in [0.25, 0.3) is 0 Å². The van der Waals surface area contributed by atoms with Crippen LogP contribution in [0.5, 0.6) is 0 Å². The first kappa shape index (κ1) is 11.5. The van der Waals surface area contributed by atoms with E-state index in [1.807, 2.05) is 24.3 Å². The highest BCUT2D eigenvalue weighted by Crippen LogP contribution is 2.32. The van der Waals surface area contributed by atoms with Crippen molar-refractivity contribution in [2.75, 3.05) is 25.5 Å². The van der Waals surface area contributed by atoms with Crippen molar-refractivity contribution >= 4 is 11.5 Å². The van der Waals surface area contributed by atoms with Crippen molar-refractivity contribution in [3.63, 3.8) is 0 Å². The van der Waals surface area contributed by atoms with Crippen molar-refractivity contribution in [2.45, 2.75) is 18.4 Å². The molecule has 0 aliphatic carbocycles. The fourth-order valence-electron chi connectivity index (χ4n) is 2.75. The van der Waals surface area contributed by atoms with Crippen molar-refractivity contribution in [1.29, 1.82) is 0 Å². The van der Waals surface area contributed by atoms with Gasteiger partial charge < -0.3 is 10.2 Å². The first-order chi connectivity index (χ1) is 8.69. The van der Waals surface area contributed by atoms with E-state index in [4.69, 9.17) is 0 Å². The number of hydrogen-bond acceptors (Lipinski definition) is 3. The summed E-state index contributed by atoms with van der Waals surface area (Å²) in [4.78, 5) is 14.4. The molecule has 2 aliphatic rings. The fourth-order valence-corrected chi connectivity index (χ4v) is 2.75. The number of ketones is 1. The van der Waals surface area contributed by atoms with Crippen LogP contribution in [0.2, 0.25) is 0 Å². The van der Waals surface area contributed by atoms with Crippen LogP contribution in [0.1, 0.15) is 23.2 Å². The zero-order valence-corrected chi connectivity index (χ0v) is 10.6. The number of hydrogen-bond donors (Lipinski definition) is 1. The average Bonchev–Trinajstić information content (AvgIpc) is 2.53. The molecular formula is C15H18N2O. The lowest BCUT2D eigenvalue weighted by Crippen LogP contribution is -2.46. The molecule has 0 bridgehead atoms. The summed E-state index contributed by atoms with van der Waals surface area (Å²) in [5.41, 5.74) is 1.70. The summed E-state index contributed by atoms with van der Waals surface area (Å²) in [7, 11) is 2.15. The second kappa shape index (κ2) is 4.25. The predicted octanol–water partition coefficient (Wildman–Crippen LogP) is 2.32. The number of rotatable bonds is 0. The summed E-state index contributed by atoms with van der Waals surface area (Å²) >= 11 is 0. The molecule has 1 N–H and O–H groups in total. The lowest BCUT2D eigenvalue weighted by molar-refractivity contribution is 0.104. The van der Waals surface area contributed by atoms with E-state index in [-0.39, 0.29) is 11.3 Å². The fraction of sp³-hybridized carbons (Fsp3) is 0.400. The number of para-hydroxylation sites is 1. The predicted molar refractivity (Wildman–Crippen MR) is 73.0 cm³/mol. The first-order valence-electron chi connectivity index (χ1n) is 6.48. The van der Waals surface area contributed by atoms with Gasteiger partial charge in [-0.05, 0) is 38.1 Å². The van der Waals surface area contributed by atoms with E-state index in [0.717, 1.165) is 37.2 Å². The number of nitrogens with one attached hydrogen (secondary N) is 1. The number of piperidine rings is 1. The summed E-state index contributed by atoms with van der Waals surface area (Å²) in [6.45, 7) is 2.13. The Morgan fingerprint density at radius 3 is 2.72 bits per heavy atom. The van der Waals surface area contributed by atoms with E-state index in [9.17, 15) is 4.79 Å². The third-order valence-corrected chi connectivity index (χ3v) is 4.01. The van der Waals surface area contributed by atoms with Crippen LogP contribution in [-0.4, -0.2) is 36.4 Å². The molecule has 2 aliphatic heterocycles. The Hall–Kier alpha value is -1.61. The van der Waals surface area contributed by atoms with Crippen LogP contribution in [0.25, 0.3) is 0 Å². The number of allylic oxidation sites excluding steroid dienone is 1. The Balaban J connectivity index is 1.97. The van der Waals surface area contributed by atoms with Gasteiger partial charge in [0.1, 0.15) is 0 Å². The van der Waals surface area contributed by atoms with Crippen LogP contribution in [-0.2, 0) is 0 Å². The Bertz CT molecular complexity index is 499. The molecule has 1 aromatic rings. The summed E-state index contributed by atoms with van der Waals surface area (Å²) in [6.07, 6.45) is 5.90. The maximum atomic E-state index is 12.1. The van der Waals surface area contributed by atoms with Gasteiger partial charge in [-0.3, -0.25) is 4.79 Å². The minimum Gasteiger partial charge on any atom is -0.375 e. The van der Waals surface area contributed by atoms with Crippen molar-refractivity contribution in [2.24, 2.45) is 0 Å². The molecule has 0 atom stereocenters. The Morgan fingerprint density at radius 1 is 1.22 bits per heavy atom. The third kappa shape index (κ3) is 1.95. The average molecular weight is 242 g/mol. The molecular weight excluding hydrogens is 224 g/mol. The van der Waals surface area contributed by atoms with Crippen LogP contribution in [0.4, 0.5) is 5.69 Å². The van der Waals surface area contributed by atoms with Gasteiger partial charge in [-0.25, -0.2) is 0 Å². The lowest BCUT2D eigenvalue weighted by Gasteiger charge is -2.39. The molecule has 3 rings (SSSR count). The molecule has 3 heteroatoms. The molecule has 3 nitrogen and oxygen atoms in total. The van der Waals surface area contributed by atoms with Gasteiger partial charge in [0.15, 0.2) is 5.78 Å². The van der Waals surface area contributed by atoms with Gasteiger partial charge in [0, 0.05) is 24.3 Å². The standard InChI is InChI=1S/C15H18N2O/c1-17-10-8-15(9-11-17)7-6-14(18)12-4-2-3-5-13(12)16-15/h2-7,16H,8-11H2,1H3. The minimum atomic E-state index is -0.0469. The number of likely N-dealkylation sites (tertiary alicyclic amines) is 1. The quantitative estimate of drug-likeness (QED) is 0.757. The highest BCUT2D eigenvalue weighted by molar-refractivity contribution is 6.09. The van der Waals surface area contributed by atoms with Crippen LogP contribution in [0.15, 0.2) is 36.4 Å². The Kier molecular flexibility index (Phi) is 2.71. The zero-order chi connectivity index (χ0) is 12.6. The van der Waals surface area contributed by atoms with E-state index >= 15 is 0 Å². The monoisotopic (exact) mass is 242 g/mol. The Morgan fingerprint density at radius 2 is 1.94 bits per heavy atom. The SMILES string of the molecule is CN1CCC2(C=CC(=O)c3ccccc3N2)CC1. The summed E-state index contributed by atoms with van der Waals surface area (Å²) in [6, 6.07) is 7.79. The van der Waals surface area contributed by atoms with E-state index < -0.39 is 0 Å². The molecule has 18 heavy (non-hydrogen) atoms. The van der Waals surface area contributed by atoms with E-state index in [0.29, 0.717) is 0 Å². The normalized spacial score (nSPS) is 22.4. The van der Waals surface area contributed by atoms with Crippen LogP contribution >= 0.6 is 0 Å². The van der Waals surface area contributed by atoms with Gasteiger partial charge in [0.05, 0.1) is 5.54 Å². The molecule has 0 aromatic heterocycles. The summed E-state index contributed by atoms with van der Waals surface area (Å²) < 4.78 is 0. The topological polar surface area (TPSA) is 32.3 Å². The molecule has 1 aromatic carbocycles. The smallest absolute Gasteiger partial charge is 0.187 e. The number of nitrogens with zero attached hydrogens (tertiary/aromatic N) is 1. The number of fused-ring (bicyclic) bond motifs is 1. The number of carbonyl (C=O) groups is 1. The van der Waals surface area contributed by atoms with E-state index in [1.54, 1.807) is 6.08 Å². The maximum absolute atomic E-state index is 12.1. The first-order valence-corrected chi connectivity index (χ1v) is 6.48. The van der Waals surface area contributed by atoms with Crippen molar-refractivity contribution in [3.05, 3.63) is 42.0 Å². The number of anilines is 1. The van der Waals surface area contributed by atoms with E-state index in [1.165, 1.54) is 0 Å². The Labute approximate surface area is 107 Å². The molecule has 0 amide bonds. The zero-order valence-electron chi connectivity index (χ0n) is 10.6. The summed E-state index contributed by atoms with van der Waals surface area (Å²) in [5, 5.41) is 3.59. The molecule has 0 saturated carbocycles. The largest absolute Gasteiger partial charge is 0.375 e. The van der Waals surface area contributed by atoms with Crippen molar-refractivity contribution < 1.29 is 4.79 Å². The minimum absolute atomic E-state index is 0.0469. The molecule has 94 valence electrons. The van der Waals surface area contributed by atoms with Gasteiger partial charge in [-0.15, -0.1) is 0 Å². The van der Waals surface area contributed by atoms with Gasteiger partial charge >= 0.3 is 0 Å². The van der Waals surface area contributed by atoms with Crippen molar-refractivity contribution in [1.82, 2.24) is 4.90 Å². The molecule has 1 fully saturated rings. The van der Waals surface area contributed by atoms with Crippen molar-refractivity contribution in [3.8, 4) is 0 Å². The molecule has 0 unspecified atom stereocenters. The van der Waals surface area contributed by atoms with Crippen LogP contribution < -0.4 is 5.32 Å². The second-order valence-electron chi connectivity index (χ2n) is 5.33. The summed E-state index contributed by atoms with van der Waals surface area (Å²) in [5.74, 6) is 0.105. The number of carbonyl (C=O) groups excluding carboxylic acids is 1. The maximum Gasteiger partial charge on any atom is 0.187 e. The highest BCUT2D eigenvalue weighted by Gasteiger charge is 2.33. The molecule has 1 spiro atoms. The van der Waals surface area contributed by atoms with Gasteiger partial charge in [-0.1, -0.05) is 18.2 Å². The number of benzene rings is 1. The molecule has 2 heterocycles. The lowest BCUT2D eigenvalue weighted by atomic mass is 9.87. The second-order valence-corrected chi connectivity index (χ2v) is 5.33. The molecule has 1 saturated heterocycles. The van der Waals surface area contributed by atoms with Crippen LogP contribution in [0.3, 0.4) is 0 Å². The van der Waals surface area contributed by atoms with Gasteiger partial charge in [0.2, 0.25) is 0 Å². The van der Waals surface area contributed by atoms with E-state index in [2.05, 4.69) is 23.3 Å². The van der Waals surface area contributed by atoms with Gasteiger partial charge in [-0.2, -0.15) is 0 Å². The third-order valence-electron chi connectivity index (χ3n) is 4.01. The highest BCUT2D eigenvalue weighted by atomic mass is 16.1. The molecule has 0 radical (unpaired) electrons.